The van der Waals surface area contributed by atoms with Crippen LogP contribution in [-0.4, -0.2) is 88.7 Å². The zero-order valence-corrected chi connectivity index (χ0v) is 27.6. The fourth-order valence-electron chi connectivity index (χ4n) is 6.68. The van der Waals surface area contributed by atoms with Gasteiger partial charge in [0.25, 0.3) is 0 Å². The molecule has 10 heteroatoms. The summed E-state index contributed by atoms with van der Waals surface area (Å²) in [4.78, 5) is 23.4. The predicted octanol–water partition coefficient (Wildman–Crippen LogP) is 4.78. The molecule has 1 unspecified atom stereocenters. The third kappa shape index (κ3) is 6.17. The molecule has 238 valence electrons. The van der Waals surface area contributed by atoms with Crippen LogP contribution in [0.5, 0.6) is 0 Å². The number of nitrogens with zero attached hydrogens (tertiary/aromatic N) is 5. The standard InChI is InChI=1S/C34H48N6O3S/c1-26(2)44(42,43)39-21-19-37(20-22-39)32(41)40(18-12-17-35)30-23-34(30,33(3,4)5)31-36-29(28-15-10-7-11-16-28)25-38(31)24-27-13-8-6-9-14-27/h6-11,13-16,25-26,30H,12,17-24,35H2,1-5H3/t30?,34-/m0/s1. The van der Waals surface area contributed by atoms with E-state index >= 15 is 0 Å². The van der Waals surface area contributed by atoms with Gasteiger partial charge in [0.15, 0.2) is 0 Å². The second-order valence-electron chi connectivity index (χ2n) is 13.5. The van der Waals surface area contributed by atoms with Gasteiger partial charge in [-0.05, 0) is 44.2 Å². The van der Waals surface area contributed by atoms with Gasteiger partial charge in [-0.25, -0.2) is 18.2 Å². The van der Waals surface area contributed by atoms with Gasteiger partial charge < -0.3 is 20.1 Å². The third-order valence-corrected chi connectivity index (χ3v) is 11.7. The fourth-order valence-corrected chi connectivity index (χ4v) is 7.95. The van der Waals surface area contributed by atoms with Crippen molar-refractivity contribution in [2.24, 2.45) is 11.1 Å². The van der Waals surface area contributed by atoms with Crippen LogP contribution < -0.4 is 5.73 Å². The number of piperazine rings is 1. The first kappa shape index (κ1) is 32.2. The molecule has 1 saturated carbocycles. The molecule has 9 nitrogen and oxygen atoms in total. The lowest BCUT2D eigenvalue weighted by Gasteiger charge is -2.40. The van der Waals surface area contributed by atoms with E-state index in [1.54, 1.807) is 13.8 Å². The van der Waals surface area contributed by atoms with Crippen LogP contribution in [0.1, 0.15) is 58.8 Å². The predicted molar refractivity (Wildman–Crippen MR) is 176 cm³/mol. The van der Waals surface area contributed by atoms with Gasteiger partial charge in [-0.3, -0.25) is 0 Å². The van der Waals surface area contributed by atoms with Gasteiger partial charge in [-0.15, -0.1) is 0 Å². The summed E-state index contributed by atoms with van der Waals surface area (Å²) in [6.07, 6.45) is 3.65. The fraction of sp³-hybridized carbons (Fsp3) is 0.529. The minimum atomic E-state index is -3.36. The Balaban J connectivity index is 1.49. The van der Waals surface area contributed by atoms with Gasteiger partial charge >= 0.3 is 6.03 Å². The Morgan fingerprint density at radius 2 is 1.64 bits per heavy atom. The smallest absolute Gasteiger partial charge is 0.320 e. The SMILES string of the molecule is CC(C)S(=O)(=O)N1CCN(C(=O)N(CCCN)C2C[C@]2(c2nc(-c3ccccc3)cn2Cc2ccccc2)C(C)(C)C)CC1. The summed E-state index contributed by atoms with van der Waals surface area (Å²) in [5.41, 5.74) is 8.58. The maximum absolute atomic E-state index is 14.2. The molecule has 3 aromatic rings. The highest BCUT2D eigenvalue weighted by Crippen LogP contribution is 2.62. The molecule has 2 amide bonds. The Hall–Kier alpha value is -3.21. The molecule has 2 N–H and O–H groups in total. The average Bonchev–Trinajstić information content (AvgIpc) is 3.63. The van der Waals surface area contributed by atoms with Crippen molar-refractivity contribution >= 4 is 16.1 Å². The molecule has 1 aliphatic carbocycles. The highest BCUT2D eigenvalue weighted by Gasteiger charge is 2.67. The Kier molecular flexibility index (Phi) is 9.26. The third-order valence-electron chi connectivity index (χ3n) is 9.39. The molecule has 44 heavy (non-hydrogen) atoms. The number of carbonyl (C=O) groups is 1. The summed E-state index contributed by atoms with van der Waals surface area (Å²) >= 11 is 0. The summed E-state index contributed by atoms with van der Waals surface area (Å²) in [7, 11) is -3.36. The molecule has 2 fully saturated rings. The van der Waals surface area contributed by atoms with Crippen LogP contribution >= 0.6 is 0 Å². The molecule has 2 aromatic carbocycles. The maximum atomic E-state index is 14.2. The van der Waals surface area contributed by atoms with Crippen LogP contribution in [0.25, 0.3) is 11.3 Å². The van der Waals surface area contributed by atoms with Crippen molar-refractivity contribution in [3.05, 3.63) is 78.2 Å². The summed E-state index contributed by atoms with van der Waals surface area (Å²) in [5.74, 6) is 0.996. The number of imidazole rings is 1. The summed E-state index contributed by atoms with van der Waals surface area (Å²) in [5, 5.41) is -0.481. The lowest BCUT2D eigenvalue weighted by molar-refractivity contribution is 0.120. The second kappa shape index (κ2) is 12.7. The van der Waals surface area contributed by atoms with E-state index in [2.05, 4.69) is 67.9 Å². The van der Waals surface area contributed by atoms with Gasteiger partial charge in [0.1, 0.15) is 5.82 Å². The van der Waals surface area contributed by atoms with Crippen LogP contribution in [0.2, 0.25) is 0 Å². The number of hydrogen-bond acceptors (Lipinski definition) is 5. The first-order valence-electron chi connectivity index (χ1n) is 15.8. The van der Waals surface area contributed by atoms with Crippen LogP contribution in [0, 0.1) is 5.41 Å². The van der Waals surface area contributed by atoms with E-state index in [-0.39, 0.29) is 22.9 Å². The van der Waals surface area contributed by atoms with Crippen molar-refractivity contribution in [3.8, 4) is 11.3 Å². The van der Waals surface area contributed by atoms with E-state index in [9.17, 15) is 13.2 Å². The van der Waals surface area contributed by atoms with Crippen molar-refractivity contribution in [2.75, 3.05) is 39.3 Å². The number of aromatic nitrogens is 2. The molecule has 2 heterocycles. The highest BCUT2D eigenvalue weighted by atomic mass is 32.2. The molecule has 2 aliphatic rings. The Morgan fingerprint density at radius 1 is 1.02 bits per heavy atom. The normalized spacial score (nSPS) is 21.1. The first-order chi connectivity index (χ1) is 20.9. The monoisotopic (exact) mass is 620 g/mol. The topological polar surface area (TPSA) is 105 Å². The lowest BCUT2D eigenvalue weighted by atomic mass is 9.76. The molecule has 1 aromatic heterocycles. The number of rotatable bonds is 10. The number of hydrogen-bond donors (Lipinski definition) is 1. The number of carbonyl (C=O) groups excluding carboxylic acids is 1. The number of urea groups is 1. The van der Waals surface area contributed by atoms with Crippen LogP contribution in [0.4, 0.5) is 4.79 Å². The molecular formula is C34H48N6O3S. The van der Waals surface area contributed by atoms with E-state index in [4.69, 9.17) is 10.7 Å². The molecule has 0 radical (unpaired) electrons. The van der Waals surface area contributed by atoms with E-state index < -0.39 is 15.3 Å². The van der Waals surface area contributed by atoms with Crippen molar-refractivity contribution in [1.82, 2.24) is 23.7 Å². The van der Waals surface area contributed by atoms with Crippen molar-refractivity contribution < 1.29 is 13.2 Å². The number of amides is 2. The Labute approximate surface area is 263 Å². The van der Waals surface area contributed by atoms with Crippen LogP contribution in [-0.2, 0) is 22.0 Å². The first-order valence-corrected chi connectivity index (χ1v) is 17.3. The Morgan fingerprint density at radius 3 is 2.20 bits per heavy atom. The molecule has 5 rings (SSSR count). The summed E-state index contributed by atoms with van der Waals surface area (Å²) in [6.45, 7) is 13.2. The van der Waals surface area contributed by atoms with Gasteiger partial charge in [0.05, 0.1) is 16.4 Å². The van der Waals surface area contributed by atoms with Crippen LogP contribution in [0.15, 0.2) is 66.9 Å². The van der Waals surface area contributed by atoms with Gasteiger partial charge in [0.2, 0.25) is 10.0 Å². The summed E-state index contributed by atoms with van der Waals surface area (Å²) < 4.78 is 29.3. The average molecular weight is 621 g/mol. The zero-order chi connectivity index (χ0) is 31.7. The number of sulfonamides is 1. The molecule has 1 aliphatic heterocycles. The highest BCUT2D eigenvalue weighted by molar-refractivity contribution is 7.89. The zero-order valence-electron chi connectivity index (χ0n) is 26.8. The number of nitrogens with two attached hydrogens (primary N) is 1. The van der Waals surface area contributed by atoms with E-state index in [1.165, 1.54) is 9.87 Å². The molecular weight excluding hydrogens is 572 g/mol. The van der Waals surface area contributed by atoms with E-state index in [0.717, 1.165) is 23.5 Å². The minimum absolute atomic E-state index is 0.0411. The minimum Gasteiger partial charge on any atom is -0.330 e. The van der Waals surface area contributed by atoms with E-state index in [1.807, 2.05) is 34.1 Å². The largest absolute Gasteiger partial charge is 0.330 e. The molecule has 1 saturated heterocycles. The van der Waals surface area contributed by atoms with Crippen LogP contribution in [0.3, 0.4) is 0 Å². The van der Waals surface area contributed by atoms with Gasteiger partial charge in [-0.1, -0.05) is 81.4 Å². The van der Waals surface area contributed by atoms with Crippen molar-refractivity contribution in [1.29, 1.82) is 0 Å². The van der Waals surface area contributed by atoms with Crippen molar-refractivity contribution in [3.63, 3.8) is 0 Å². The maximum Gasteiger partial charge on any atom is 0.320 e. The number of benzene rings is 2. The Bertz CT molecular complexity index is 1530. The summed E-state index contributed by atoms with van der Waals surface area (Å²) in [6, 6.07) is 20.6. The van der Waals surface area contributed by atoms with Crippen molar-refractivity contribution in [2.45, 2.75) is 70.7 Å². The molecule has 0 bridgehead atoms. The quantitative estimate of drug-likeness (QED) is 0.351. The van der Waals surface area contributed by atoms with Gasteiger partial charge in [0, 0.05) is 57.1 Å². The second-order valence-corrected chi connectivity index (χ2v) is 16.0. The van der Waals surface area contributed by atoms with Gasteiger partial charge in [-0.2, -0.15) is 4.31 Å². The lowest BCUT2D eigenvalue weighted by Crippen LogP contribution is -2.56. The van der Waals surface area contributed by atoms with E-state index in [0.29, 0.717) is 52.2 Å². The molecule has 2 atom stereocenters. The molecule has 0 spiro atoms.